The highest BCUT2D eigenvalue weighted by Gasteiger charge is 2.34. The van der Waals surface area contributed by atoms with Crippen molar-refractivity contribution < 1.29 is 14.7 Å². The van der Waals surface area contributed by atoms with Gasteiger partial charge in [-0.2, -0.15) is 0 Å². The van der Waals surface area contributed by atoms with Crippen molar-refractivity contribution in [2.24, 2.45) is 5.73 Å². The maximum Gasteiger partial charge on any atom is 0.408 e. The fourth-order valence-corrected chi connectivity index (χ4v) is 3.45. The standard InChI is InChI=1S/C18H16N4O3/c19-16(23)12-6-3-7-13-14(12)21-17(20-13)15-11-5-2-1-4-10(11)8-9-22(15)18(24)25/h1-7,15H,8-9H2,(H2,19,23)(H,20,21)(H,24,25). The minimum atomic E-state index is -1.00. The monoisotopic (exact) mass is 336 g/mol. The van der Waals surface area contributed by atoms with Crippen LogP contribution in [0.4, 0.5) is 4.79 Å². The molecule has 25 heavy (non-hydrogen) atoms. The molecule has 0 saturated heterocycles. The Hall–Kier alpha value is -3.35. The zero-order chi connectivity index (χ0) is 17.6. The molecule has 3 aromatic rings. The molecule has 1 aliphatic rings. The number of nitrogens with one attached hydrogen (secondary N) is 1. The van der Waals surface area contributed by atoms with E-state index in [0.717, 1.165) is 11.1 Å². The number of carboxylic acid groups (broad SMARTS) is 1. The van der Waals surface area contributed by atoms with Crippen LogP contribution in [0.1, 0.15) is 33.4 Å². The Morgan fingerprint density at radius 2 is 2.00 bits per heavy atom. The quantitative estimate of drug-likeness (QED) is 0.666. The van der Waals surface area contributed by atoms with Gasteiger partial charge in [-0.25, -0.2) is 9.78 Å². The first-order chi connectivity index (χ1) is 12.1. The molecule has 4 N–H and O–H groups in total. The number of primary amides is 1. The van der Waals surface area contributed by atoms with Crippen LogP contribution in [-0.2, 0) is 6.42 Å². The van der Waals surface area contributed by atoms with E-state index >= 15 is 0 Å². The first-order valence-electron chi connectivity index (χ1n) is 7.92. The molecule has 0 fully saturated rings. The molecule has 0 aliphatic carbocycles. The summed E-state index contributed by atoms with van der Waals surface area (Å²) in [5, 5.41) is 9.62. The molecular formula is C18H16N4O3. The molecule has 0 radical (unpaired) electrons. The van der Waals surface area contributed by atoms with E-state index in [1.165, 1.54) is 4.90 Å². The zero-order valence-electron chi connectivity index (χ0n) is 13.3. The van der Waals surface area contributed by atoms with E-state index in [1.807, 2.05) is 24.3 Å². The summed E-state index contributed by atoms with van der Waals surface area (Å²) in [4.78, 5) is 32.4. The number of para-hydroxylation sites is 1. The van der Waals surface area contributed by atoms with Crippen LogP contribution in [0.25, 0.3) is 11.0 Å². The molecule has 126 valence electrons. The Balaban J connectivity index is 1.92. The summed E-state index contributed by atoms with van der Waals surface area (Å²) in [7, 11) is 0. The molecule has 2 amide bonds. The van der Waals surface area contributed by atoms with Gasteiger partial charge in [0.2, 0.25) is 0 Å². The second kappa shape index (κ2) is 5.62. The second-order valence-corrected chi connectivity index (χ2v) is 6.02. The van der Waals surface area contributed by atoms with Gasteiger partial charge in [-0.15, -0.1) is 0 Å². The third-order valence-electron chi connectivity index (χ3n) is 4.58. The molecule has 0 saturated carbocycles. The Morgan fingerprint density at radius 3 is 2.76 bits per heavy atom. The molecule has 1 aliphatic heterocycles. The number of nitrogens with zero attached hydrogens (tertiary/aromatic N) is 2. The van der Waals surface area contributed by atoms with Gasteiger partial charge in [0.25, 0.3) is 5.91 Å². The minimum absolute atomic E-state index is 0.311. The lowest BCUT2D eigenvalue weighted by Gasteiger charge is -2.34. The van der Waals surface area contributed by atoms with E-state index in [2.05, 4.69) is 9.97 Å². The van der Waals surface area contributed by atoms with Crippen LogP contribution in [0, 0.1) is 0 Å². The number of nitrogens with two attached hydrogens (primary N) is 1. The second-order valence-electron chi connectivity index (χ2n) is 6.02. The molecule has 1 unspecified atom stereocenters. The minimum Gasteiger partial charge on any atom is -0.465 e. The SMILES string of the molecule is NC(=O)c1cccc2[nH]c(C3c4ccccc4CCN3C(=O)O)nc12. The first kappa shape index (κ1) is 15.2. The predicted octanol–water partition coefficient (Wildman–Crippen LogP) is 2.29. The van der Waals surface area contributed by atoms with Crippen molar-refractivity contribution in [3.8, 4) is 0 Å². The van der Waals surface area contributed by atoms with E-state index in [0.29, 0.717) is 35.4 Å². The van der Waals surface area contributed by atoms with Gasteiger partial charge in [0.15, 0.2) is 0 Å². The molecule has 0 spiro atoms. The number of hydrogen-bond donors (Lipinski definition) is 3. The normalized spacial score (nSPS) is 16.6. The van der Waals surface area contributed by atoms with Crippen LogP contribution in [0.3, 0.4) is 0 Å². The van der Waals surface area contributed by atoms with Gasteiger partial charge in [0.05, 0.1) is 11.1 Å². The average molecular weight is 336 g/mol. The van der Waals surface area contributed by atoms with Gasteiger partial charge in [-0.3, -0.25) is 9.69 Å². The largest absolute Gasteiger partial charge is 0.465 e. The highest BCUT2D eigenvalue weighted by molar-refractivity contribution is 6.04. The number of aromatic amines is 1. The zero-order valence-corrected chi connectivity index (χ0v) is 13.3. The topological polar surface area (TPSA) is 112 Å². The number of rotatable bonds is 2. The maximum absolute atomic E-state index is 11.7. The van der Waals surface area contributed by atoms with Crippen molar-refractivity contribution in [1.29, 1.82) is 0 Å². The molecule has 7 nitrogen and oxygen atoms in total. The summed E-state index contributed by atoms with van der Waals surface area (Å²) in [6.45, 7) is 0.386. The van der Waals surface area contributed by atoms with Gasteiger partial charge >= 0.3 is 6.09 Å². The van der Waals surface area contributed by atoms with Gasteiger partial charge in [0, 0.05) is 6.54 Å². The smallest absolute Gasteiger partial charge is 0.408 e. The highest BCUT2D eigenvalue weighted by atomic mass is 16.4. The van der Waals surface area contributed by atoms with Gasteiger partial charge in [-0.1, -0.05) is 30.3 Å². The molecule has 1 aromatic heterocycles. The van der Waals surface area contributed by atoms with E-state index < -0.39 is 18.0 Å². The summed E-state index contributed by atoms with van der Waals surface area (Å²) in [6.07, 6.45) is -0.346. The average Bonchev–Trinajstić information content (AvgIpc) is 3.04. The fraction of sp³-hybridized carbons (Fsp3) is 0.167. The molecule has 2 heterocycles. The first-order valence-corrected chi connectivity index (χ1v) is 7.92. The number of benzene rings is 2. The molecule has 7 heteroatoms. The fourth-order valence-electron chi connectivity index (χ4n) is 3.45. The van der Waals surface area contributed by atoms with E-state index in [1.54, 1.807) is 18.2 Å². The van der Waals surface area contributed by atoms with Crippen molar-refractivity contribution in [3.63, 3.8) is 0 Å². The van der Waals surface area contributed by atoms with Crippen LogP contribution in [0.15, 0.2) is 42.5 Å². The predicted molar refractivity (Wildman–Crippen MR) is 91.3 cm³/mol. The Labute approximate surface area is 143 Å². The number of H-pyrrole nitrogens is 1. The number of carbonyl (C=O) groups is 2. The number of imidazole rings is 1. The van der Waals surface area contributed by atoms with Crippen LogP contribution in [-0.4, -0.2) is 38.5 Å². The molecule has 1 atom stereocenters. The molecule has 4 rings (SSSR count). The highest BCUT2D eigenvalue weighted by Crippen LogP contribution is 2.34. The molecular weight excluding hydrogens is 320 g/mol. The summed E-state index contributed by atoms with van der Waals surface area (Å²) >= 11 is 0. The third-order valence-corrected chi connectivity index (χ3v) is 4.58. The van der Waals surface area contributed by atoms with Crippen molar-refractivity contribution in [1.82, 2.24) is 14.9 Å². The lowest BCUT2D eigenvalue weighted by atomic mass is 9.92. The number of amides is 2. The van der Waals surface area contributed by atoms with Crippen molar-refractivity contribution in [3.05, 3.63) is 65.0 Å². The molecule has 2 aromatic carbocycles. The lowest BCUT2D eigenvalue weighted by molar-refractivity contribution is 0.100. The van der Waals surface area contributed by atoms with E-state index in [-0.39, 0.29) is 0 Å². The summed E-state index contributed by atoms with van der Waals surface area (Å²) in [5.41, 5.74) is 8.84. The van der Waals surface area contributed by atoms with Crippen molar-refractivity contribution in [2.75, 3.05) is 6.54 Å². The van der Waals surface area contributed by atoms with Crippen LogP contribution < -0.4 is 5.73 Å². The number of fused-ring (bicyclic) bond motifs is 2. The summed E-state index contributed by atoms with van der Waals surface area (Å²) in [5.74, 6) is -0.0824. The van der Waals surface area contributed by atoms with Gasteiger partial charge in [0.1, 0.15) is 17.4 Å². The van der Waals surface area contributed by atoms with Crippen LogP contribution >= 0.6 is 0 Å². The van der Waals surface area contributed by atoms with Crippen molar-refractivity contribution in [2.45, 2.75) is 12.5 Å². The van der Waals surface area contributed by atoms with Crippen LogP contribution in [0.5, 0.6) is 0 Å². The molecule has 0 bridgehead atoms. The third kappa shape index (κ3) is 2.40. The summed E-state index contributed by atoms with van der Waals surface area (Å²) < 4.78 is 0. The van der Waals surface area contributed by atoms with Gasteiger partial charge in [-0.05, 0) is 29.7 Å². The summed E-state index contributed by atoms with van der Waals surface area (Å²) in [6, 6.07) is 12.3. The van der Waals surface area contributed by atoms with Gasteiger partial charge < -0.3 is 15.8 Å². The Bertz CT molecular complexity index is 995. The maximum atomic E-state index is 11.7. The Morgan fingerprint density at radius 1 is 1.20 bits per heavy atom. The van der Waals surface area contributed by atoms with E-state index in [9.17, 15) is 14.7 Å². The van der Waals surface area contributed by atoms with Crippen molar-refractivity contribution >= 4 is 23.0 Å². The number of aromatic nitrogens is 2. The lowest BCUT2D eigenvalue weighted by Crippen LogP contribution is -2.40. The van der Waals surface area contributed by atoms with Crippen LogP contribution in [0.2, 0.25) is 0 Å². The van der Waals surface area contributed by atoms with E-state index in [4.69, 9.17) is 5.73 Å². The Kier molecular flexibility index (Phi) is 3.42. The number of hydrogen-bond acceptors (Lipinski definition) is 3. The number of carbonyl (C=O) groups excluding carboxylic acids is 1.